The lowest BCUT2D eigenvalue weighted by molar-refractivity contribution is -0.142. The molecule has 0 spiro atoms. The number of nitrogens with two attached hydrogens (primary N) is 1. The Morgan fingerprint density at radius 1 is 1.41 bits per heavy atom. The second-order valence-corrected chi connectivity index (χ2v) is 5.23. The fourth-order valence-electron chi connectivity index (χ4n) is 2.43. The molecule has 6 nitrogen and oxygen atoms in total. The van der Waals surface area contributed by atoms with Gasteiger partial charge in [-0.2, -0.15) is 0 Å². The molecule has 1 amide bonds. The van der Waals surface area contributed by atoms with Crippen molar-refractivity contribution < 1.29 is 19.1 Å². The van der Waals surface area contributed by atoms with Gasteiger partial charge in [-0.3, -0.25) is 9.59 Å². The maximum absolute atomic E-state index is 12.1. The molecule has 1 aliphatic heterocycles. The molecule has 1 aromatic carbocycles. The number of benzene rings is 1. The molecule has 6 heteroatoms. The van der Waals surface area contributed by atoms with Gasteiger partial charge in [0.1, 0.15) is 6.10 Å². The monoisotopic (exact) mass is 306 g/mol. The van der Waals surface area contributed by atoms with Gasteiger partial charge in [0.25, 0.3) is 5.91 Å². The number of ether oxygens (including phenoxy) is 2. The molecule has 22 heavy (non-hydrogen) atoms. The Morgan fingerprint density at radius 2 is 2.23 bits per heavy atom. The van der Waals surface area contributed by atoms with E-state index in [2.05, 4.69) is 5.32 Å². The number of rotatable bonds is 6. The van der Waals surface area contributed by atoms with Crippen molar-refractivity contribution in [3.05, 3.63) is 29.8 Å². The molecule has 0 bridgehead atoms. The van der Waals surface area contributed by atoms with E-state index < -0.39 is 6.10 Å². The Balaban J connectivity index is 1.92. The van der Waals surface area contributed by atoms with Crippen LogP contribution in [0.15, 0.2) is 24.3 Å². The zero-order chi connectivity index (χ0) is 15.9. The van der Waals surface area contributed by atoms with Crippen LogP contribution in [0, 0.1) is 0 Å². The van der Waals surface area contributed by atoms with Crippen LogP contribution in [0.3, 0.4) is 0 Å². The number of anilines is 1. The fourth-order valence-corrected chi connectivity index (χ4v) is 2.43. The summed E-state index contributed by atoms with van der Waals surface area (Å²) in [5, 5.41) is 2.82. The molecule has 1 heterocycles. The van der Waals surface area contributed by atoms with Gasteiger partial charge in [0.15, 0.2) is 0 Å². The zero-order valence-electron chi connectivity index (χ0n) is 12.7. The lowest BCUT2D eigenvalue weighted by Gasteiger charge is -2.13. The van der Waals surface area contributed by atoms with Crippen molar-refractivity contribution in [2.45, 2.75) is 38.4 Å². The van der Waals surface area contributed by atoms with Crippen LogP contribution in [0.2, 0.25) is 0 Å². The summed E-state index contributed by atoms with van der Waals surface area (Å²) in [5.41, 5.74) is 6.98. The van der Waals surface area contributed by atoms with Crippen LogP contribution in [0.1, 0.15) is 25.3 Å². The highest BCUT2D eigenvalue weighted by molar-refractivity contribution is 5.94. The van der Waals surface area contributed by atoms with Crippen LogP contribution < -0.4 is 11.1 Å². The van der Waals surface area contributed by atoms with E-state index in [9.17, 15) is 9.59 Å². The van der Waals surface area contributed by atoms with Crippen molar-refractivity contribution in [2.75, 3.05) is 18.5 Å². The van der Waals surface area contributed by atoms with E-state index in [4.69, 9.17) is 15.2 Å². The van der Waals surface area contributed by atoms with Crippen LogP contribution in [-0.2, 0) is 25.5 Å². The number of carbonyl (C=O) groups excluding carboxylic acids is 2. The van der Waals surface area contributed by atoms with Crippen molar-refractivity contribution in [1.82, 2.24) is 0 Å². The van der Waals surface area contributed by atoms with Crippen molar-refractivity contribution in [1.29, 1.82) is 0 Å². The van der Waals surface area contributed by atoms with E-state index in [1.807, 2.05) is 6.07 Å². The van der Waals surface area contributed by atoms with Gasteiger partial charge in [0.2, 0.25) is 0 Å². The first kappa shape index (κ1) is 16.5. The predicted octanol–water partition coefficient (Wildman–Crippen LogP) is 1.24. The lowest BCUT2D eigenvalue weighted by Crippen LogP contribution is -2.29. The Hall–Kier alpha value is -1.92. The Labute approximate surface area is 130 Å². The topological polar surface area (TPSA) is 90.7 Å². The van der Waals surface area contributed by atoms with Gasteiger partial charge in [0, 0.05) is 12.2 Å². The molecule has 1 saturated heterocycles. The minimum Gasteiger partial charge on any atom is -0.466 e. The number of hydrogen-bond acceptors (Lipinski definition) is 5. The number of amides is 1. The molecular formula is C16H22N2O4. The predicted molar refractivity (Wildman–Crippen MR) is 82.4 cm³/mol. The summed E-state index contributed by atoms with van der Waals surface area (Å²) in [6.45, 7) is 2.56. The van der Waals surface area contributed by atoms with Crippen LogP contribution in [0.4, 0.5) is 5.69 Å². The maximum Gasteiger partial charge on any atom is 0.310 e. The Bertz CT molecular complexity index is 533. The van der Waals surface area contributed by atoms with Gasteiger partial charge in [-0.1, -0.05) is 12.1 Å². The summed E-state index contributed by atoms with van der Waals surface area (Å²) in [4.78, 5) is 23.6. The highest BCUT2D eigenvalue weighted by Gasteiger charge is 2.29. The molecular weight excluding hydrogens is 284 g/mol. The van der Waals surface area contributed by atoms with Gasteiger partial charge in [0.05, 0.1) is 19.1 Å². The molecule has 0 radical (unpaired) electrons. The Kier molecular flexibility index (Phi) is 5.91. The van der Waals surface area contributed by atoms with Crippen LogP contribution in [0.25, 0.3) is 0 Å². The molecule has 2 atom stereocenters. The van der Waals surface area contributed by atoms with E-state index in [0.717, 1.165) is 12.0 Å². The molecule has 0 saturated carbocycles. The number of esters is 1. The van der Waals surface area contributed by atoms with Gasteiger partial charge < -0.3 is 20.5 Å². The molecule has 0 aliphatic carbocycles. The molecule has 1 aliphatic rings. The van der Waals surface area contributed by atoms with Gasteiger partial charge in [-0.05, 0) is 37.5 Å². The zero-order valence-corrected chi connectivity index (χ0v) is 12.7. The van der Waals surface area contributed by atoms with Crippen molar-refractivity contribution in [3.8, 4) is 0 Å². The number of hydrogen-bond donors (Lipinski definition) is 2. The first-order valence-corrected chi connectivity index (χ1v) is 7.53. The molecule has 2 rings (SSSR count). The SMILES string of the molecule is CCOC(=O)Cc1cccc(NC(=O)[C@@H]2CC[C@H](CN)O2)c1. The van der Waals surface area contributed by atoms with Crippen molar-refractivity contribution in [3.63, 3.8) is 0 Å². The molecule has 120 valence electrons. The summed E-state index contributed by atoms with van der Waals surface area (Å²) in [6, 6.07) is 7.16. The van der Waals surface area contributed by atoms with Crippen LogP contribution in [-0.4, -0.2) is 37.2 Å². The highest BCUT2D eigenvalue weighted by Crippen LogP contribution is 2.21. The summed E-state index contributed by atoms with van der Waals surface area (Å²) in [7, 11) is 0. The average Bonchev–Trinajstić information content (AvgIpc) is 2.97. The molecule has 3 N–H and O–H groups in total. The largest absolute Gasteiger partial charge is 0.466 e. The third-order valence-corrected chi connectivity index (χ3v) is 3.51. The minimum absolute atomic E-state index is 0.0362. The van der Waals surface area contributed by atoms with E-state index in [1.54, 1.807) is 25.1 Å². The van der Waals surface area contributed by atoms with E-state index in [1.165, 1.54) is 0 Å². The van der Waals surface area contributed by atoms with Crippen molar-refractivity contribution >= 4 is 17.6 Å². The first-order valence-electron chi connectivity index (χ1n) is 7.53. The Morgan fingerprint density at radius 3 is 2.91 bits per heavy atom. The quantitative estimate of drug-likeness (QED) is 0.772. The second-order valence-electron chi connectivity index (χ2n) is 5.23. The fraction of sp³-hybridized carbons (Fsp3) is 0.500. The van der Waals surface area contributed by atoms with E-state index in [-0.39, 0.29) is 24.4 Å². The van der Waals surface area contributed by atoms with E-state index >= 15 is 0 Å². The lowest BCUT2D eigenvalue weighted by atomic mass is 10.1. The molecule has 0 aromatic heterocycles. The van der Waals surface area contributed by atoms with Gasteiger partial charge in [-0.15, -0.1) is 0 Å². The molecule has 1 aromatic rings. The van der Waals surface area contributed by atoms with Crippen molar-refractivity contribution in [2.24, 2.45) is 5.73 Å². The number of nitrogens with one attached hydrogen (secondary N) is 1. The summed E-state index contributed by atoms with van der Waals surface area (Å²) in [6.07, 6.45) is 1.17. The normalized spacial score (nSPS) is 20.6. The summed E-state index contributed by atoms with van der Waals surface area (Å²) < 4.78 is 10.5. The highest BCUT2D eigenvalue weighted by atomic mass is 16.5. The van der Waals surface area contributed by atoms with Crippen LogP contribution >= 0.6 is 0 Å². The number of carbonyl (C=O) groups is 2. The molecule has 0 unspecified atom stereocenters. The summed E-state index contributed by atoms with van der Waals surface area (Å²) in [5.74, 6) is -0.458. The smallest absolute Gasteiger partial charge is 0.310 e. The first-order chi connectivity index (χ1) is 10.6. The average molecular weight is 306 g/mol. The minimum atomic E-state index is -0.456. The van der Waals surface area contributed by atoms with Gasteiger partial charge in [-0.25, -0.2) is 0 Å². The molecule has 1 fully saturated rings. The third-order valence-electron chi connectivity index (χ3n) is 3.51. The third kappa shape index (κ3) is 4.54. The maximum atomic E-state index is 12.1. The second kappa shape index (κ2) is 7.91. The standard InChI is InChI=1S/C16H22N2O4/c1-2-21-15(19)9-11-4-3-5-12(8-11)18-16(20)14-7-6-13(10-17)22-14/h3-5,8,13-14H,2,6-7,9-10,17H2,1H3,(H,18,20)/t13-,14+/m1/s1. The van der Waals surface area contributed by atoms with E-state index in [0.29, 0.717) is 25.3 Å². The van der Waals surface area contributed by atoms with Crippen LogP contribution in [0.5, 0.6) is 0 Å². The summed E-state index contributed by atoms with van der Waals surface area (Å²) >= 11 is 0. The van der Waals surface area contributed by atoms with Gasteiger partial charge >= 0.3 is 5.97 Å².